The van der Waals surface area contributed by atoms with E-state index in [0.717, 1.165) is 28.4 Å². The highest BCUT2D eigenvalue weighted by molar-refractivity contribution is 14.1. The van der Waals surface area contributed by atoms with Gasteiger partial charge in [0, 0.05) is 15.7 Å². The predicted octanol–water partition coefficient (Wildman–Crippen LogP) is 2.24. The molecule has 1 aliphatic carbocycles. The van der Waals surface area contributed by atoms with Crippen LogP contribution < -0.4 is 5.32 Å². The lowest BCUT2D eigenvalue weighted by molar-refractivity contribution is -0.0300. The number of hydrogen-bond donors (Lipinski definition) is 2. The molecule has 17 heavy (non-hydrogen) atoms. The van der Waals surface area contributed by atoms with Gasteiger partial charge in [-0.05, 0) is 72.5 Å². The number of amides is 1. The Morgan fingerprint density at radius 1 is 1.53 bits per heavy atom. The third kappa shape index (κ3) is 2.98. The summed E-state index contributed by atoms with van der Waals surface area (Å²) >= 11 is 2.24. The lowest BCUT2D eigenvalue weighted by atomic mass is 9.80. The summed E-state index contributed by atoms with van der Waals surface area (Å²) in [5.41, 5.74) is 1.10. The molecule has 2 N–H and O–H groups in total. The van der Waals surface area contributed by atoms with E-state index in [1.807, 2.05) is 25.1 Å². The summed E-state index contributed by atoms with van der Waals surface area (Å²) in [5.74, 6) is -0.107. The molecule has 0 aromatic heterocycles. The van der Waals surface area contributed by atoms with Gasteiger partial charge in [0.05, 0.1) is 5.60 Å². The summed E-state index contributed by atoms with van der Waals surface area (Å²) in [7, 11) is 0. The Hall–Kier alpha value is -0.620. The highest BCUT2D eigenvalue weighted by Gasteiger charge is 2.34. The van der Waals surface area contributed by atoms with E-state index < -0.39 is 5.60 Å². The number of carbonyl (C=O) groups excluding carboxylic acids is 1. The average molecular weight is 345 g/mol. The first kappa shape index (κ1) is 12.8. The molecule has 1 fully saturated rings. The summed E-state index contributed by atoms with van der Waals surface area (Å²) in [6, 6.07) is 5.62. The van der Waals surface area contributed by atoms with Gasteiger partial charge in [-0.1, -0.05) is 0 Å². The Bertz CT molecular complexity index is 441. The van der Waals surface area contributed by atoms with Gasteiger partial charge in [0.15, 0.2) is 0 Å². The van der Waals surface area contributed by atoms with Crippen molar-refractivity contribution in [3.63, 3.8) is 0 Å². The highest BCUT2D eigenvalue weighted by atomic mass is 127. The highest BCUT2D eigenvalue weighted by Crippen LogP contribution is 2.30. The van der Waals surface area contributed by atoms with Gasteiger partial charge >= 0.3 is 0 Å². The summed E-state index contributed by atoms with van der Waals surface area (Å²) in [4.78, 5) is 11.9. The minimum atomic E-state index is -0.659. The van der Waals surface area contributed by atoms with Crippen LogP contribution in [0, 0.1) is 10.5 Å². The topological polar surface area (TPSA) is 49.3 Å². The van der Waals surface area contributed by atoms with Crippen molar-refractivity contribution in [1.29, 1.82) is 0 Å². The third-order valence-corrected chi connectivity index (χ3v) is 4.49. The molecule has 0 aliphatic heterocycles. The molecule has 0 spiro atoms. The van der Waals surface area contributed by atoms with Crippen LogP contribution >= 0.6 is 22.6 Å². The van der Waals surface area contributed by atoms with Crippen LogP contribution in [0.1, 0.15) is 35.2 Å². The molecule has 92 valence electrons. The average Bonchev–Trinajstić information content (AvgIpc) is 2.27. The van der Waals surface area contributed by atoms with Crippen molar-refractivity contribution in [3.05, 3.63) is 32.9 Å². The third-order valence-electron chi connectivity index (χ3n) is 3.28. The molecular formula is C13H16INO2. The Balaban J connectivity index is 1.97. The summed E-state index contributed by atoms with van der Waals surface area (Å²) in [5, 5.41) is 12.7. The fraction of sp³-hybridized carbons (Fsp3) is 0.462. The number of carbonyl (C=O) groups is 1. The maximum absolute atomic E-state index is 11.9. The van der Waals surface area contributed by atoms with Gasteiger partial charge in [0.2, 0.25) is 0 Å². The van der Waals surface area contributed by atoms with Crippen LogP contribution in [0.2, 0.25) is 0 Å². The van der Waals surface area contributed by atoms with E-state index in [2.05, 4.69) is 27.9 Å². The lowest BCUT2D eigenvalue weighted by Crippen LogP contribution is -2.47. The standard InChI is InChI=1S/C13H16INO2/c1-9-7-10(3-4-11(9)14)12(16)15-8-13(17)5-2-6-13/h3-4,7,17H,2,5-6,8H2,1H3,(H,15,16). The molecule has 0 radical (unpaired) electrons. The van der Waals surface area contributed by atoms with Crippen LogP contribution in [0.25, 0.3) is 0 Å². The second kappa shape index (κ2) is 4.94. The predicted molar refractivity (Wildman–Crippen MR) is 75.0 cm³/mol. The van der Waals surface area contributed by atoms with Crippen molar-refractivity contribution in [3.8, 4) is 0 Å². The second-order valence-electron chi connectivity index (χ2n) is 4.72. The Morgan fingerprint density at radius 2 is 2.24 bits per heavy atom. The number of aryl methyl sites for hydroxylation is 1. The van der Waals surface area contributed by atoms with E-state index in [1.54, 1.807) is 0 Å². The van der Waals surface area contributed by atoms with Gasteiger partial charge in [0.25, 0.3) is 5.91 Å². The molecule has 0 bridgehead atoms. The Kier molecular flexibility index (Phi) is 3.73. The van der Waals surface area contributed by atoms with E-state index in [9.17, 15) is 9.90 Å². The number of hydrogen-bond acceptors (Lipinski definition) is 2. The van der Waals surface area contributed by atoms with Crippen molar-refractivity contribution in [2.24, 2.45) is 0 Å². The number of halogens is 1. The van der Waals surface area contributed by atoms with Gasteiger partial charge in [-0.2, -0.15) is 0 Å². The number of aliphatic hydroxyl groups is 1. The lowest BCUT2D eigenvalue weighted by Gasteiger charge is -2.36. The molecule has 0 saturated heterocycles. The van der Waals surface area contributed by atoms with Crippen LogP contribution in [-0.2, 0) is 0 Å². The number of rotatable bonds is 3. The molecule has 1 aliphatic rings. The zero-order valence-electron chi connectivity index (χ0n) is 9.79. The zero-order valence-corrected chi connectivity index (χ0v) is 12.0. The molecule has 0 atom stereocenters. The van der Waals surface area contributed by atoms with Crippen LogP contribution in [0.3, 0.4) is 0 Å². The largest absolute Gasteiger partial charge is 0.388 e. The molecule has 2 rings (SSSR count). The van der Waals surface area contributed by atoms with Crippen LogP contribution in [0.5, 0.6) is 0 Å². The zero-order chi connectivity index (χ0) is 12.5. The normalized spacial score (nSPS) is 17.4. The van der Waals surface area contributed by atoms with Gasteiger partial charge in [-0.25, -0.2) is 0 Å². The first-order chi connectivity index (χ1) is 8.00. The van der Waals surface area contributed by atoms with Crippen molar-refractivity contribution in [1.82, 2.24) is 5.32 Å². The van der Waals surface area contributed by atoms with E-state index in [1.165, 1.54) is 0 Å². The molecule has 4 heteroatoms. The van der Waals surface area contributed by atoms with Crippen molar-refractivity contribution < 1.29 is 9.90 Å². The van der Waals surface area contributed by atoms with Crippen LogP contribution in [-0.4, -0.2) is 23.2 Å². The van der Waals surface area contributed by atoms with Gasteiger partial charge in [0.1, 0.15) is 0 Å². The minimum absolute atomic E-state index is 0.107. The fourth-order valence-electron chi connectivity index (χ4n) is 1.89. The summed E-state index contributed by atoms with van der Waals surface area (Å²) < 4.78 is 1.15. The molecule has 0 unspecified atom stereocenters. The smallest absolute Gasteiger partial charge is 0.251 e. The molecule has 3 nitrogen and oxygen atoms in total. The van der Waals surface area contributed by atoms with E-state index in [4.69, 9.17) is 0 Å². The van der Waals surface area contributed by atoms with Crippen LogP contribution in [0.4, 0.5) is 0 Å². The SMILES string of the molecule is Cc1cc(C(=O)NCC2(O)CCC2)ccc1I. The molecule has 0 heterocycles. The number of nitrogens with one attached hydrogen (secondary N) is 1. The van der Waals surface area contributed by atoms with Crippen LogP contribution in [0.15, 0.2) is 18.2 Å². The van der Waals surface area contributed by atoms with Crippen molar-refractivity contribution in [2.75, 3.05) is 6.54 Å². The maximum Gasteiger partial charge on any atom is 0.251 e. The second-order valence-corrected chi connectivity index (χ2v) is 5.89. The first-order valence-corrected chi connectivity index (χ1v) is 6.85. The Morgan fingerprint density at radius 3 is 2.76 bits per heavy atom. The monoisotopic (exact) mass is 345 g/mol. The minimum Gasteiger partial charge on any atom is -0.388 e. The molecular weight excluding hydrogens is 329 g/mol. The first-order valence-electron chi connectivity index (χ1n) is 5.77. The number of benzene rings is 1. The van der Waals surface area contributed by atoms with Gasteiger partial charge in [-0.15, -0.1) is 0 Å². The van der Waals surface area contributed by atoms with E-state index >= 15 is 0 Å². The van der Waals surface area contributed by atoms with E-state index in [-0.39, 0.29) is 5.91 Å². The fourth-order valence-corrected chi connectivity index (χ4v) is 2.23. The van der Waals surface area contributed by atoms with Crippen molar-refractivity contribution in [2.45, 2.75) is 31.8 Å². The van der Waals surface area contributed by atoms with Crippen molar-refractivity contribution >= 4 is 28.5 Å². The van der Waals surface area contributed by atoms with Gasteiger partial charge < -0.3 is 10.4 Å². The molecule has 1 aromatic carbocycles. The maximum atomic E-state index is 11.9. The van der Waals surface area contributed by atoms with Gasteiger partial charge in [-0.3, -0.25) is 4.79 Å². The molecule has 1 saturated carbocycles. The molecule has 1 amide bonds. The van der Waals surface area contributed by atoms with E-state index in [0.29, 0.717) is 12.1 Å². The summed E-state index contributed by atoms with van der Waals surface area (Å²) in [6.07, 6.45) is 2.63. The quantitative estimate of drug-likeness (QED) is 0.826. The summed E-state index contributed by atoms with van der Waals surface area (Å²) in [6.45, 7) is 2.34. The Labute approximate surface area is 115 Å². The molecule has 1 aromatic rings.